The van der Waals surface area contributed by atoms with Crippen molar-refractivity contribution in [2.75, 3.05) is 20.7 Å². The lowest BCUT2D eigenvalue weighted by Gasteiger charge is -2.19. The van der Waals surface area contributed by atoms with Gasteiger partial charge in [0.05, 0.1) is 24.3 Å². The highest BCUT2D eigenvalue weighted by molar-refractivity contribution is 7.88. The molecular formula is C14H19NO6S. The number of hydrogen-bond donors (Lipinski definition) is 1. The Balaban J connectivity index is 2.98. The Morgan fingerprint density at radius 3 is 2.45 bits per heavy atom. The molecule has 0 radical (unpaired) electrons. The third-order valence-corrected chi connectivity index (χ3v) is 4.96. The molecule has 0 aliphatic rings. The molecule has 0 fully saturated rings. The first-order valence-corrected chi connectivity index (χ1v) is 8.13. The first-order chi connectivity index (χ1) is 10.2. The topological polar surface area (TPSA) is 101 Å². The first-order valence-electron chi connectivity index (χ1n) is 6.52. The number of carbonyl (C=O) groups is 2. The van der Waals surface area contributed by atoms with Gasteiger partial charge in [0.15, 0.2) is 0 Å². The van der Waals surface area contributed by atoms with Gasteiger partial charge in [-0.1, -0.05) is 25.1 Å². The molecule has 8 heteroatoms. The average Bonchev–Trinajstić information content (AvgIpc) is 2.46. The minimum atomic E-state index is -3.74. The van der Waals surface area contributed by atoms with Crippen LogP contribution in [0.4, 0.5) is 0 Å². The molecular weight excluding hydrogens is 310 g/mol. The van der Waals surface area contributed by atoms with E-state index in [1.165, 1.54) is 33.2 Å². The van der Waals surface area contributed by atoms with Gasteiger partial charge in [-0.3, -0.25) is 4.79 Å². The Hall–Kier alpha value is -1.93. The van der Waals surface area contributed by atoms with Crippen LogP contribution in [0.5, 0.6) is 0 Å². The minimum Gasteiger partial charge on any atom is -0.481 e. The smallest absolute Gasteiger partial charge is 0.338 e. The number of carboxylic acid groups (broad SMARTS) is 1. The maximum Gasteiger partial charge on any atom is 0.338 e. The summed E-state index contributed by atoms with van der Waals surface area (Å²) in [5.74, 6) is -2.92. The van der Waals surface area contributed by atoms with Crippen molar-refractivity contribution >= 4 is 22.0 Å². The van der Waals surface area contributed by atoms with Gasteiger partial charge >= 0.3 is 11.9 Å². The van der Waals surface area contributed by atoms with Gasteiger partial charge in [-0.25, -0.2) is 17.5 Å². The van der Waals surface area contributed by atoms with Crippen LogP contribution < -0.4 is 0 Å². The number of aliphatic carboxylic acids is 1. The van der Waals surface area contributed by atoms with E-state index in [9.17, 15) is 18.0 Å². The van der Waals surface area contributed by atoms with Gasteiger partial charge in [0.1, 0.15) is 0 Å². The van der Waals surface area contributed by atoms with E-state index >= 15 is 0 Å². The molecule has 7 nitrogen and oxygen atoms in total. The molecule has 0 aromatic heterocycles. The fourth-order valence-corrected chi connectivity index (χ4v) is 3.16. The van der Waals surface area contributed by atoms with Crippen molar-refractivity contribution in [3.8, 4) is 0 Å². The Morgan fingerprint density at radius 2 is 1.91 bits per heavy atom. The maximum absolute atomic E-state index is 12.3. The summed E-state index contributed by atoms with van der Waals surface area (Å²) in [7, 11) is -1.21. The van der Waals surface area contributed by atoms with E-state index < -0.39 is 33.6 Å². The molecule has 0 bridgehead atoms. The first kappa shape index (κ1) is 18.1. The van der Waals surface area contributed by atoms with Crippen LogP contribution in [0, 0.1) is 5.92 Å². The van der Waals surface area contributed by atoms with Crippen LogP contribution in [-0.4, -0.2) is 50.5 Å². The molecule has 0 amide bonds. The highest BCUT2D eigenvalue weighted by Gasteiger charge is 2.25. The summed E-state index contributed by atoms with van der Waals surface area (Å²) in [5.41, 5.74) is 0.484. The van der Waals surface area contributed by atoms with Gasteiger partial charge in [-0.2, -0.15) is 0 Å². The second-order valence-electron chi connectivity index (χ2n) is 4.92. The van der Waals surface area contributed by atoms with Crippen molar-refractivity contribution in [1.29, 1.82) is 0 Å². The number of sulfonamides is 1. The van der Waals surface area contributed by atoms with E-state index in [-0.39, 0.29) is 12.1 Å². The van der Waals surface area contributed by atoms with Crippen LogP contribution in [0.25, 0.3) is 0 Å². The molecule has 1 unspecified atom stereocenters. The van der Waals surface area contributed by atoms with Crippen molar-refractivity contribution in [2.24, 2.45) is 5.92 Å². The van der Waals surface area contributed by atoms with Crippen LogP contribution >= 0.6 is 0 Å². The molecule has 1 aromatic rings. The zero-order valence-electron chi connectivity index (χ0n) is 12.6. The van der Waals surface area contributed by atoms with E-state index in [2.05, 4.69) is 4.74 Å². The molecule has 1 atom stereocenters. The fraction of sp³-hybridized carbons (Fsp3) is 0.429. The maximum atomic E-state index is 12.3. The van der Waals surface area contributed by atoms with Crippen LogP contribution in [0.3, 0.4) is 0 Å². The van der Waals surface area contributed by atoms with Gasteiger partial charge in [0.25, 0.3) is 0 Å². The summed E-state index contributed by atoms with van der Waals surface area (Å²) in [6, 6.07) is 6.24. The third kappa shape index (κ3) is 4.54. The zero-order chi connectivity index (χ0) is 16.9. The normalized spacial score (nSPS) is 12.9. The van der Waals surface area contributed by atoms with Gasteiger partial charge in [0, 0.05) is 13.6 Å². The number of nitrogens with zero attached hydrogens (tertiary/aromatic N) is 1. The predicted molar refractivity (Wildman–Crippen MR) is 79.8 cm³/mol. The molecule has 0 spiro atoms. The quantitative estimate of drug-likeness (QED) is 0.748. The third-order valence-electron chi connectivity index (χ3n) is 3.19. The number of hydrogen-bond acceptors (Lipinski definition) is 5. The van der Waals surface area contributed by atoms with E-state index in [1.54, 1.807) is 12.1 Å². The van der Waals surface area contributed by atoms with E-state index in [4.69, 9.17) is 5.11 Å². The molecule has 0 aliphatic heterocycles. The minimum absolute atomic E-state index is 0.141. The molecule has 0 aliphatic carbocycles. The number of benzene rings is 1. The summed E-state index contributed by atoms with van der Waals surface area (Å²) in [4.78, 5) is 22.5. The number of rotatable bonds is 7. The molecule has 0 saturated heterocycles. The highest BCUT2D eigenvalue weighted by Crippen LogP contribution is 2.16. The summed E-state index contributed by atoms with van der Waals surface area (Å²) in [5, 5.41) is 8.85. The fourth-order valence-electron chi connectivity index (χ4n) is 1.84. The Labute approximate surface area is 129 Å². The van der Waals surface area contributed by atoms with Gasteiger partial charge in [-0.15, -0.1) is 0 Å². The molecule has 1 N–H and O–H groups in total. The lowest BCUT2D eigenvalue weighted by atomic mass is 10.1. The highest BCUT2D eigenvalue weighted by atomic mass is 32.2. The van der Waals surface area contributed by atoms with Gasteiger partial charge in [-0.05, 0) is 11.6 Å². The number of ether oxygens (including phenoxy) is 1. The average molecular weight is 329 g/mol. The summed E-state index contributed by atoms with van der Waals surface area (Å²) in [6.07, 6.45) is 0. The van der Waals surface area contributed by atoms with Gasteiger partial charge in [0.2, 0.25) is 10.0 Å². The van der Waals surface area contributed by atoms with Crippen molar-refractivity contribution in [3.63, 3.8) is 0 Å². The summed E-state index contributed by atoms with van der Waals surface area (Å²) < 4.78 is 30.2. The molecule has 122 valence electrons. The Kier molecular flexibility index (Phi) is 6.07. The summed E-state index contributed by atoms with van der Waals surface area (Å²) >= 11 is 0. The molecule has 0 saturated carbocycles. The van der Waals surface area contributed by atoms with E-state index in [1.807, 2.05) is 0 Å². The lowest BCUT2D eigenvalue weighted by Crippen LogP contribution is -2.34. The standard InChI is InChI=1S/C14H19NO6S/c1-10(13(16)17)8-15(2)22(19,20)9-11-6-4-5-7-12(11)14(18)21-3/h4-7,10H,8-9H2,1-3H3,(H,16,17). The van der Waals surface area contributed by atoms with Crippen LogP contribution in [-0.2, 0) is 25.3 Å². The number of methoxy groups -OCH3 is 1. The molecule has 1 rings (SSSR count). The van der Waals surface area contributed by atoms with Crippen molar-refractivity contribution in [1.82, 2.24) is 4.31 Å². The van der Waals surface area contributed by atoms with Crippen molar-refractivity contribution in [3.05, 3.63) is 35.4 Å². The van der Waals surface area contributed by atoms with Gasteiger partial charge < -0.3 is 9.84 Å². The summed E-state index contributed by atoms with van der Waals surface area (Å²) in [6.45, 7) is 1.29. The molecule has 0 heterocycles. The Bertz CT molecular complexity index is 655. The molecule has 1 aromatic carbocycles. The van der Waals surface area contributed by atoms with Crippen molar-refractivity contribution in [2.45, 2.75) is 12.7 Å². The van der Waals surface area contributed by atoms with Crippen LogP contribution in [0.1, 0.15) is 22.8 Å². The van der Waals surface area contributed by atoms with Crippen LogP contribution in [0.15, 0.2) is 24.3 Å². The second-order valence-corrected chi connectivity index (χ2v) is 7.00. The van der Waals surface area contributed by atoms with Crippen LogP contribution in [0.2, 0.25) is 0 Å². The number of esters is 1. The zero-order valence-corrected chi connectivity index (χ0v) is 13.5. The SMILES string of the molecule is COC(=O)c1ccccc1CS(=O)(=O)N(C)CC(C)C(=O)O. The largest absolute Gasteiger partial charge is 0.481 e. The van der Waals surface area contributed by atoms with E-state index in [0.29, 0.717) is 5.56 Å². The molecule has 22 heavy (non-hydrogen) atoms. The van der Waals surface area contributed by atoms with E-state index in [0.717, 1.165) is 4.31 Å². The Morgan fingerprint density at radius 1 is 1.32 bits per heavy atom. The monoisotopic (exact) mass is 329 g/mol. The number of carboxylic acids is 1. The second kappa shape index (κ2) is 7.37. The number of carbonyl (C=O) groups excluding carboxylic acids is 1. The van der Waals surface area contributed by atoms with Crippen molar-refractivity contribution < 1.29 is 27.9 Å². The lowest BCUT2D eigenvalue weighted by molar-refractivity contribution is -0.141. The predicted octanol–water partition coefficient (Wildman–Crippen LogP) is 0.956.